The fourth-order valence-electron chi connectivity index (χ4n) is 2.44. The third-order valence-corrected chi connectivity index (χ3v) is 4.07. The number of hydrogen-bond donors (Lipinski definition) is 1. The minimum absolute atomic E-state index is 0.315. The Kier molecular flexibility index (Phi) is 3.81. The number of amides is 1. The van der Waals surface area contributed by atoms with Crippen molar-refractivity contribution >= 4 is 45.8 Å². The highest BCUT2D eigenvalue weighted by atomic mass is 35.5. The van der Waals surface area contributed by atoms with Gasteiger partial charge in [0, 0.05) is 35.5 Å². The van der Waals surface area contributed by atoms with Gasteiger partial charge >= 0.3 is 0 Å². The molecule has 0 radical (unpaired) electrons. The molecule has 0 atom stereocenters. The van der Waals surface area contributed by atoms with E-state index in [0.717, 1.165) is 16.6 Å². The van der Waals surface area contributed by atoms with Crippen molar-refractivity contribution in [2.24, 2.45) is 7.05 Å². The average molecular weight is 334 g/mol. The molecule has 1 aromatic carbocycles. The highest BCUT2D eigenvalue weighted by Gasteiger charge is 2.17. The average Bonchev–Trinajstić information content (AvgIpc) is 2.74. The van der Waals surface area contributed by atoms with Crippen LogP contribution in [0.25, 0.3) is 11.0 Å². The maximum Gasteiger partial charge on any atom is 0.258 e. The number of aryl methyl sites for hydroxylation is 2. The fourth-order valence-corrected chi connectivity index (χ4v) is 2.99. The Bertz CT molecular complexity index is 886. The molecule has 0 aliphatic carbocycles. The molecular formula is C16H13Cl2N3O. The van der Waals surface area contributed by atoms with Gasteiger partial charge in [-0.05, 0) is 30.7 Å². The zero-order chi connectivity index (χ0) is 15.9. The number of rotatable bonds is 2. The molecule has 22 heavy (non-hydrogen) atoms. The van der Waals surface area contributed by atoms with Gasteiger partial charge in [-0.2, -0.15) is 0 Å². The van der Waals surface area contributed by atoms with Crippen LogP contribution in [-0.2, 0) is 7.05 Å². The number of carbonyl (C=O) groups is 1. The lowest BCUT2D eigenvalue weighted by Gasteiger charge is -2.08. The Morgan fingerprint density at radius 1 is 1.32 bits per heavy atom. The Morgan fingerprint density at radius 2 is 2.09 bits per heavy atom. The van der Waals surface area contributed by atoms with E-state index >= 15 is 0 Å². The van der Waals surface area contributed by atoms with Crippen molar-refractivity contribution in [1.82, 2.24) is 9.55 Å². The van der Waals surface area contributed by atoms with Gasteiger partial charge in [-0.1, -0.05) is 29.3 Å². The van der Waals surface area contributed by atoms with E-state index in [1.54, 1.807) is 24.3 Å². The summed E-state index contributed by atoms with van der Waals surface area (Å²) in [6.45, 7) is 1.94. The third kappa shape index (κ3) is 2.56. The quantitative estimate of drug-likeness (QED) is 0.753. The summed E-state index contributed by atoms with van der Waals surface area (Å²) in [4.78, 5) is 16.8. The van der Waals surface area contributed by atoms with E-state index in [-0.39, 0.29) is 5.91 Å². The SMILES string of the molecule is Cc1cn(C)c2ncc(C(=O)Nc3cccc(Cl)c3)c(Cl)c12. The van der Waals surface area contributed by atoms with Gasteiger partial charge in [0.1, 0.15) is 5.65 Å². The molecule has 0 saturated heterocycles. The van der Waals surface area contributed by atoms with Crippen molar-refractivity contribution in [1.29, 1.82) is 0 Å². The van der Waals surface area contributed by atoms with Crippen LogP contribution in [0.5, 0.6) is 0 Å². The minimum atomic E-state index is -0.315. The number of halogens is 2. The summed E-state index contributed by atoms with van der Waals surface area (Å²) in [7, 11) is 1.89. The predicted octanol–water partition coefficient (Wildman–Crippen LogP) is 4.44. The van der Waals surface area contributed by atoms with E-state index in [0.29, 0.717) is 21.3 Å². The molecule has 112 valence electrons. The molecule has 0 fully saturated rings. The number of pyridine rings is 1. The van der Waals surface area contributed by atoms with Crippen LogP contribution in [0.1, 0.15) is 15.9 Å². The second-order valence-electron chi connectivity index (χ2n) is 5.07. The van der Waals surface area contributed by atoms with Crippen LogP contribution in [0.15, 0.2) is 36.7 Å². The summed E-state index contributed by atoms with van der Waals surface area (Å²) >= 11 is 12.3. The smallest absolute Gasteiger partial charge is 0.258 e. The molecule has 1 N–H and O–H groups in total. The lowest BCUT2D eigenvalue weighted by molar-refractivity contribution is 0.102. The molecule has 0 bridgehead atoms. The molecule has 2 heterocycles. The largest absolute Gasteiger partial charge is 0.335 e. The molecule has 0 aliphatic rings. The van der Waals surface area contributed by atoms with E-state index in [1.807, 2.05) is 24.7 Å². The van der Waals surface area contributed by atoms with Crippen molar-refractivity contribution in [2.75, 3.05) is 5.32 Å². The Morgan fingerprint density at radius 3 is 2.82 bits per heavy atom. The van der Waals surface area contributed by atoms with Crippen molar-refractivity contribution in [3.05, 3.63) is 57.8 Å². The Hall–Kier alpha value is -2.04. The van der Waals surface area contributed by atoms with Crippen LogP contribution in [0.3, 0.4) is 0 Å². The lowest BCUT2D eigenvalue weighted by atomic mass is 10.1. The molecule has 2 aromatic heterocycles. The maximum atomic E-state index is 12.4. The van der Waals surface area contributed by atoms with Gasteiger partial charge < -0.3 is 9.88 Å². The van der Waals surface area contributed by atoms with Gasteiger partial charge in [-0.25, -0.2) is 4.98 Å². The predicted molar refractivity (Wildman–Crippen MR) is 89.9 cm³/mol. The molecule has 4 nitrogen and oxygen atoms in total. The minimum Gasteiger partial charge on any atom is -0.335 e. The van der Waals surface area contributed by atoms with Crippen molar-refractivity contribution in [3.8, 4) is 0 Å². The van der Waals surface area contributed by atoms with Crippen LogP contribution >= 0.6 is 23.2 Å². The summed E-state index contributed by atoms with van der Waals surface area (Å²) in [5, 5.41) is 4.53. The van der Waals surface area contributed by atoms with Gasteiger partial charge in [0.2, 0.25) is 0 Å². The molecule has 0 aliphatic heterocycles. The highest BCUT2D eigenvalue weighted by Crippen LogP contribution is 2.30. The molecule has 3 rings (SSSR count). The van der Waals surface area contributed by atoms with Gasteiger partial charge in [0.15, 0.2) is 0 Å². The monoisotopic (exact) mass is 333 g/mol. The second kappa shape index (κ2) is 5.63. The molecule has 0 spiro atoms. The summed E-state index contributed by atoms with van der Waals surface area (Å²) in [5.41, 5.74) is 2.68. The number of anilines is 1. The van der Waals surface area contributed by atoms with E-state index in [2.05, 4.69) is 10.3 Å². The lowest BCUT2D eigenvalue weighted by Crippen LogP contribution is -2.13. The Labute approximate surface area is 137 Å². The molecule has 1 amide bonds. The first-order valence-electron chi connectivity index (χ1n) is 6.64. The molecule has 0 unspecified atom stereocenters. The maximum absolute atomic E-state index is 12.4. The fraction of sp³-hybridized carbons (Fsp3) is 0.125. The topological polar surface area (TPSA) is 46.9 Å². The van der Waals surface area contributed by atoms with Crippen LogP contribution in [0.2, 0.25) is 10.0 Å². The summed E-state index contributed by atoms with van der Waals surface area (Å²) in [5.74, 6) is -0.315. The molecular weight excluding hydrogens is 321 g/mol. The van der Waals surface area contributed by atoms with Crippen LogP contribution in [-0.4, -0.2) is 15.5 Å². The zero-order valence-electron chi connectivity index (χ0n) is 12.0. The van der Waals surface area contributed by atoms with Crippen molar-refractivity contribution < 1.29 is 4.79 Å². The third-order valence-electron chi connectivity index (χ3n) is 3.44. The van der Waals surface area contributed by atoms with Gasteiger partial charge in [-0.15, -0.1) is 0 Å². The van der Waals surface area contributed by atoms with Crippen LogP contribution in [0.4, 0.5) is 5.69 Å². The van der Waals surface area contributed by atoms with E-state index in [1.165, 1.54) is 6.20 Å². The Balaban J connectivity index is 2.01. The number of benzene rings is 1. The first-order valence-corrected chi connectivity index (χ1v) is 7.40. The summed E-state index contributed by atoms with van der Waals surface area (Å²) < 4.78 is 1.88. The number of fused-ring (bicyclic) bond motifs is 1. The summed E-state index contributed by atoms with van der Waals surface area (Å²) in [6, 6.07) is 6.94. The van der Waals surface area contributed by atoms with Gasteiger partial charge in [0.05, 0.1) is 10.6 Å². The number of carbonyl (C=O) groups excluding carboxylic acids is 1. The van der Waals surface area contributed by atoms with E-state index in [9.17, 15) is 4.79 Å². The van der Waals surface area contributed by atoms with Gasteiger partial charge in [-0.3, -0.25) is 4.79 Å². The number of nitrogens with one attached hydrogen (secondary N) is 1. The van der Waals surface area contributed by atoms with E-state index in [4.69, 9.17) is 23.2 Å². The van der Waals surface area contributed by atoms with Crippen LogP contribution < -0.4 is 5.32 Å². The number of hydrogen-bond acceptors (Lipinski definition) is 2. The first-order chi connectivity index (χ1) is 10.5. The summed E-state index contributed by atoms with van der Waals surface area (Å²) in [6.07, 6.45) is 3.42. The molecule has 0 saturated carbocycles. The normalized spacial score (nSPS) is 10.9. The van der Waals surface area contributed by atoms with Crippen molar-refractivity contribution in [2.45, 2.75) is 6.92 Å². The highest BCUT2D eigenvalue weighted by molar-refractivity contribution is 6.39. The zero-order valence-corrected chi connectivity index (χ0v) is 13.5. The van der Waals surface area contributed by atoms with E-state index < -0.39 is 0 Å². The number of aromatic nitrogens is 2. The molecule has 3 aromatic rings. The standard InChI is InChI=1S/C16H13Cl2N3O/c1-9-8-21(2)15-13(9)14(18)12(7-19-15)16(22)20-11-5-3-4-10(17)6-11/h3-8H,1-2H3,(H,20,22). The van der Waals surface area contributed by atoms with Crippen molar-refractivity contribution in [3.63, 3.8) is 0 Å². The van der Waals surface area contributed by atoms with Crippen LogP contribution in [0, 0.1) is 6.92 Å². The first kappa shape index (κ1) is 14.9. The van der Waals surface area contributed by atoms with Gasteiger partial charge in [0.25, 0.3) is 5.91 Å². The number of nitrogens with zero attached hydrogens (tertiary/aromatic N) is 2. The molecule has 6 heteroatoms. The second-order valence-corrected chi connectivity index (χ2v) is 5.89.